The molecule has 0 aromatic heterocycles. The van der Waals surface area contributed by atoms with E-state index in [1.54, 1.807) is 12.1 Å². The lowest BCUT2D eigenvalue weighted by Crippen LogP contribution is -2.45. The van der Waals surface area contributed by atoms with E-state index in [0.29, 0.717) is 30.1 Å². The molecule has 172 valence electrons. The van der Waals surface area contributed by atoms with Gasteiger partial charge in [0.05, 0.1) is 4.90 Å². The fourth-order valence-corrected chi connectivity index (χ4v) is 5.65. The van der Waals surface area contributed by atoms with E-state index in [-0.39, 0.29) is 17.5 Å². The smallest absolute Gasteiger partial charge is 0.313 e. The van der Waals surface area contributed by atoms with Gasteiger partial charge in [0.1, 0.15) is 0 Å². The van der Waals surface area contributed by atoms with Gasteiger partial charge in [-0.05, 0) is 74.6 Å². The van der Waals surface area contributed by atoms with E-state index in [9.17, 15) is 18.0 Å². The molecule has 3 rings (SSSR count). The Labute approximate surface area is 194 Å². The molecule has 1 aliphatic rings. The zero-order chi connectivity index (χ0) is 23.3. The monoisotopic (exact) mass is 477 g/mol. The van der Waals surface area contributed by atoms with E-state index in [2.05, 4.69) is 10.6 Å². The average Bonchev–Trinajstić information content (AvgIpc) is 2.76. The summed E-state index contributed by atoms with van der Waals surface area (Å²) in [5, 5.41) is 5.72. The molecule has 0 unspecified atom stereocenters. The van der Waals surface area contributed by atoms with Crippen molar-refractivity contribution in [3.05, 3.63) is 58.6 Å². The summed E-state index contributed by atoms with van der Waals surface area (Å²) < 4.78 is 27.7. The van der Waals surface area contributed by atoms with Crippen LogP contribution < -0.4 is 10.6 Å². The Balaban J connectivity index is 1.58. The molecule has 2 aromatic carbocycles. The molecule has 0 bridgehead atoms. The molecule has 2 N–H and O–H groups in total. The van der Waals surface area contributed by atoms with Crippen LogP contribution in [0.5, 0.6) is 0 Å². The standard InChI is InChI=1S/C23H28ClN3O4S/c1-16-6-7-17(2)21(15-16)26-23(29)22(28)25-13-12-19-5-3-4-14-27(19)32(30,31)20-10-8-18(24)9-11-20/h6-11,15,19H,3-5,12-14H2,1-2H3,(H,25,28)(H,26,29)/t19-/m0/s1. The first-order valence-electron chi connectivity index (χ1n) is 10.6. The molecule has 7 nitrogen and oxygen atoms in total. The Morgan fingerprint density at radius 1 is 1.06 bits per heavy atom. The molecule has 1 atom stereocenters. The van der Waals surface area contributed by atoms with Crippen molar-refractivity contribution < 1.29 is 18.0 Å². The van der Waals surface area contributed by atoms with Crippen molar-refractivity contribution in [3.63, 3.8) is 0 Å². The van der Waals surface area contributed by atoms with Gasteiger partial charge in [0, 0.05) is 29.8 Å². The Morgan fingerprint density at radius 3 is 2.50 bits per heavy atom. The minimum absolute atomic E-state index is 0.200. The lowest BCUT2D eigenvalue weighted by atomic mass is 10.0. The van der Waals surface area contributed by atoms with Gasteiger partial charge in [0.15, 0.2) is 0 Å². The van der Waals surface area contributed by atoms with Crippen LogP contribution in [0.1, 0.15) is 36.8 Å². The van der Waals surface area contributed by atoms with Gasteiger partial charge in [-0.15, -0.1) is 0 Å². The van der Waals surface area contributed by atoms with Crippen LogP contribution in [0, 0.1) is 13.8 Å². The van der Waals surface area contributed by atoms with Gasteiger partial charge in [-0.2, -0.15) is 4.31 Å². The third-order valence-electron chi connectivity index (χ3n) is 5.60. The maximum absolute atomic E-state index is 13.1. The number of nitrogens with one attached hydrogen (secondary N) is 2. The number of rotatable bonds is 6. The van der Waals surface area contributed by atoms with Gasteiger partial charge in [0.2, 0.25) is 10.0 Å². The van der Waals surface area contributed by atoms with Crippen LogP contribution in [0.2, 0.25) is 5.02 Å². The first-order chi connectivity index (χ1) is 15.2. The van der Waals surface area contributed by atoms with E-state index >= 15 is 0 Å². The van der Waals surface area contributed by atoms with Crippen LogP contribution in [0.25, 0.3) is 0 Å². The highest BCUT2D eigenvalue weighted by atomic mass is 35.5. The molecule has 1 saturated heterocycles. The molecular formula is C23H28ClN3O4S. The largest absolute Gasteiger partial charge is 0.348 e. The number of carbonyl (C=O) groups excluding carboxylic acids is 2. The third-order valence-corrected chi connectivity index (χ3v) is 7.82. The summed E-state index contributed by atoms with van der Waals surface area (Å²) in [5.41, 5.74) is 2.44. The molecule has 2 aromatic rings. The van der Waals surface area contributed by atoms with Crippen molar-refractivity contribution >= 4 is 39.1 Å². The van der Waals surface area contributed by atoms with E-state index in [4.69, 9.17) is 11.6 Å². The first-order valence-corrected chi connectivity index (χ1v) is 12.4. The molecular weight excluding hydrogens is 450 g/mol. The minimum Gasteiger partial charge on any atom is -0.348 e. The summed E-state index contributed by atoms with van der Waals surface area (Å²) in [6.45, 7) is 4.39. The number of benzene rings is 2. The van der Waals surface area contributed by atoms with E-state index in [1.807, 2.05) is 32.0 Å². The Kier molecular flexibility index (Phi) is 7.92. The zero-order valence-corrected chi connectivity index (χ0v) is 19.8. The Morgan fingerprint density at radius 2 is 1.78 bits per heavy atom. The average molecular weight is 478 g/mol. The topological polar surface area (TPSA) is 95.6 Å². The summed E-state index contributed by atoms with van der Waals surface area (Å²) in [6.07, 6.45) is 2.83. The number of aryl methyl sites for hydroxylation is 2. The van der Waals surface area contributed by atoms with Gasteiger partial charge in [-0.1, -0.05) is 30.2 Å². The van der Waals surface area contributed by atoms with Crippen LogP contribution in [0.15, 0.2) is 47.4 Å². The van der Waals surface area contributed by atoms with Gasteiger partial charge in [-0.3, -0.25) is 9.59 Å². The number of hydrogen-bond donors (Lipinski definition) is 2. The molecule has 2 amide bonds. The molecule has 0 saturated carbocycles. The number of halogens is 1. The van der Waals surface area contributed by atoms with Crippen molar-refractivity contribution in [2.45, 2.75) is 50.5 Å². The lowest BCUT2D eigenvalue weighted by Gasteiger charge is -2.34. The van der Waals surface area contributed by atoms with Gasteiger partial charge < -0.3 is 10.6 Å². The fraction of sp³-hybridized carbons (Fsp3) is 0.391. The normalized spacial score (nSPS) is 17.0. The second kappa shape index (κ2) is 10.5. The minimum atomic E-state index is -3.66. The summed E-state index contributed by atoms with van der Waals surface area (Å²) in [6, 6.07) is 11.5. The maximum atomic E-state index is 13.1. The van der Waals surface area contributed by atoms with Crippen LogP contribution >= 0.6 is 11.6 Å². The third kappa shape index (κ3) is 5.88. The van der Waals surface area contributed by atoms with E-state index in [1.165, 1.54) is 16.4 Å². The van der Waals surface area contributed by atoms with Gasteiger partial charge in [0.25, 0.3) is 0 Å². The quantitative estimate of drug-likeness (QED) is 0.621. The Bertz CT molecular complexity index is 1090. The summed E-state index contributed by atoms with van der Waals surface area (Å²) in [4.78, 5) is 24.7. The summed E-state index contributed by atoms with van der Waals surface area (Å²) in [7, 11) is -3.66. The van der Waals surface area contributed by atoms with Crippen LogP contribution in [-0.2, 0) is 19.6 Å². The first kappa shape index (κ1) is 24.2. The predicted molar refractivity (Wildman–Crippen MR) is 125 cm³/mol. The fourth-order valence-electron chi connectivity index (χ4n) is 3.80. The Hall–Kier alpha value is -2.42. The van der Waals surface area contributed by atoms with Crippen LogP contribution in [-0.4, -0.2) is 43.7 Å². The number of piperidine rings is 1. The van der Waals surface area contributed by atoms with Crippen molar-refractivity contribution in [3.8, 4) is 0 Å². The maximum Gasteiger partial charge on any atom is 0.313 e. The molecule has 32 heavy (non-hydrogen) atoms. The second-order valence-electron chi connectivity index (χ2n) is 8.04. The zero-order valence-electron chi connectivity index (χ0n) is 18.2. The number of anilines is 1. The van der Waals surface area contributed by atoms with Gasteiger partial charge in [-0.25, -0.2) is 8.42 Å². The number of carbonyl (C=O) groups is 2. The SMILES string of the molecule is Cc1ccc(C)c(NC(=O)C(=O)NCC[C@@H]2CCCCN2S(=O)(=O)c2ccc(Cl)cc2)c1. The molecule has 1 fully saturated rings. The van der Waals surface area contributed by atoms with Crippen LogP contribution in [0.3, 0.4) is 0 Å². The highest BCUT2D eigenvalue weighted by Crippen LogP contribution is 2.27. The molecule has 1 heterocycles. The highest BCUT2D eigenvalue weighted by Gasteiger charge is 2.33. The van der Waals surface area contributed by atoms with Crippen molar-refractivity contribution in [1.29, 1.82) is 0 Å². The van der Waals surface area contributed by atoms with Crippen molar-refractivity contribution in [2.24, 2.45) is 0 Å². The molecule has 9 heteroatoms. The van der Waals surface area contributed by atoms with Crippen molar-refractivity contribution in [1.82, 2.24) is 9.62 Å². The number of sulfonamides is 1. The highest BCUT2D eigenvalue weighted by molar-refractivity contribution is 7.89. The van der Waals surface area contributed by atoms with Crippen LogP contribution in [0.4, 0.5) is 5.69 Å². The number of hydrogen-bond acceptors (Lipinski definition) is 4. The van der Waals surface area contributed by atoms with Crippen molar-refractivity contribution in [2.75, 3.05) is 18.4 Å². The molecule has 0 aliphatic carbocycles. The number of nitrogens with zero attached hydrogens (tertiary/aromatic N) is 1. The molecule has 1 aliphatic heterocycles. The molecule has 0 radical (unpaired) electrons. The summed E-state index contributed by atoms with van der Waals surface area (Å²) >= 11 is 5.89. The lowest BCUT2D eigenvalue weighted by molar-refractivity contribution is -0.136. The molecule has 0 spiro atoms. The van der Waals surface area contributed by atoms with E-state index < -0.39 is 21.8 Å². The van der Waals surface area contributed by atoms with Gasteiger partial charge >= 0.3 is 11.8 Å². The van der Waals surface area contributed by atoms with E-state index in [0.717, 1.165) is 24.0 Å². The number of amides is 2. The second-order valence-corrected chi connectivity index (χ2v) is 10.4. The summed E-state index contributed by atoms with van der Waals surface area (Å²) in [5.74, 6) is -1.48. The predicted octanol–water partition coefficient (Wildman–Crippen LogP) is 3.65.